The van der Waals surface area contributed by atoms with E-state index in [-0.39, 0.29) is 0 Å². The monoisotopic (exact) mass is 284 g/mol. The van der Waals surface area contributed by atoms with Crippen LogP contribution in [0.15, 0.2) is 36.4 Å². The molecule has 0 aliphatic carbocycles. The summed E-state index contributed by atoms with van der Waals surface area (Å²) in [5.74, 6) is 1.72. The largest absolute Gasteiger partial charge is 0.360 e. The third kappa shape index (κ3) is 3.94. The number of hydrogen-bond donors (Lipinski definition) is 0. The molecule has 2 rings (SSSR count). The molecule has 4 heteroatoms. The first-order valence-electron chi connectivity index (χ1n) is 7.47. The predicted molar refractivity (Wildman–Crippen MR) is 89.5 cm³/mol. The third-order valence-electron chi connectivity index (χ3n) is 3.51. The van der Waals surface area contributed by atoms with Gasteiger partial charge in [-0.25, -0.2) is 4.98 Å². The highest BCUT2D eigenvalue weighted by Gasteiger charge is 2.11. The van der Waals surface area contributed by atoms with Gasteiger partial charge in [0.1, 0.15) is 5.82 Å². The maximum absolute atomic E-state index is 4.70. The van der Waals surface area contributed by atoms with Crippen LogP contribution in [0.25, 0.3) is 0 Å². The van der Waals surface area contributed by atoms with Crippen molar-refractivity contribution in [1.82, 2.24) is 9.97 Å². The van der Waals surface area contributed by atoms with Crippen molar-refractivity contribution in [3.8, 4) is 0 Å². The first-order valence-corrected chi connectivity index (χ1v) is 7.47. The number of unbranched alkanes of at least 4 members (excludes halogenated alkanes) is 1. The van der Waals surface area contributed by atoms with E-state index < -0.39 is 0 Å². The molecule has 0 atom stereocenters. The summed E-state index contributed by atoms with van der Waals surface area (Å²) in [4.78, 5) is 13.5. The maximum atomic E-state index is 4.70. The summed E-state index contributed by atoms with van der Waals surface area (Å²) < 4.78 is 0. The number of nitrogens with zero attached hydrogens (tertiary/aromatic N) is 4. The van der Waals surface area contributed by atoms with Gasteiger partial charge < -0.3 is 9.80 Å². The van der Waals surface area contributed by atoms with E-state index in [4.69, 9.17) is 4.98 Å². The molecule has 0 radical (unpaired) electrons. The van der Waals surface area contributed by atoms with Crippen LogP contribution in [-0.4, -0.2) is 30.6 Å². The van der Waals surface area contributed by atoms with E-state index in [9.17, 15) is 0 Å². The van der Waals surface area contributed by atoms with Crippen molar-refractivity contribution in [1.29, 1.82) is 0 Å². The number of aromatic nitrogens is 2. The average molecular weight is 284 g/mol. The Hall–Kier alpha value is -2.10. The second kappa shape index (κ2) is 7.07. The third-order valence-corrected chi connectivity index (χ3v) is 3.51. The van der Waals surface area contributed by atoms with E-state index >= 15 is 0 Å². The molecule has 0 spiro atoms. The van der Waals surface area contributed by atoms with Gasteiger partial charge in [0.05, 0.1) is 0 Å². The van der Waals surface area contributed by atoms with E-state index in [0.29, 0.717) is 0 Å². The summed E-state index contributed by atoms with van der Waals surface area (Å²) >= 11 is 0. The highest BCUT2D eigenvalue weighted by Crippen LogP contribution is 2.22. The minimum atomic E-state index is 0.736. The second-order valence-corrected chi connectivity index (χ2v) is 5.34. The second-order valence-electron chi connectivity index (χ2n) is 5.34. The molecule has 4 nitrogen and oxygen atoms in total. The van der Waals surface area contributed by atoms with Gasteiger partial charge in [-0.3, -0.25) is 0 Å². The Bertz CT molecular complexity index is 568. The molecule has 21 heavy (non-hydrogen) atoms. The van der Waals surface area contributed by atoms with Crippen molar-refractivity contribution in [3.63, 3.8) is 0 Å². The van der Waals surface area contributed by atoms with E-state index in [0.717, 1.165) is 29.7 Å². The van der Waals surface area contributed by atoms with Crippen molar-refractivity contribution in [2.24, 2.45) is 0 Å². The lowest BCUT2D eigenvalue weighted by molar-refractivity contribution is 0.757. The number of hydrogen-bond acceptors (Lipinski definition) is 4. The van der Waals surface area contributed by atoms with Crippen LogP contribution in [0.2, 0.25) is 0 Å². The molecule has 0 amide bonds. The molecule has 0 aliphatic rings. The van der Waals surface area contributed by atoms with Gasteiger partial charge in [-0.05, 0) is 25.5 Å². The number of anilines is 3. The quantitative estimate of drug-likeness (QED) is 0.808. The van der Waals surface area contributed by atoms with Crippen LogP contribution in [0, 0.1) is 6.92 Å². The Morgan fingerprint density at radius 3 is 2.43 bits per heavy atom. The average Bonchev–Trinajstić information content (AvgIpc) is 2.52. The normalized spacial score (nSPS) is 10.5. The van der Waals surface area contributed by atoms with E-state index in [1.807, 2.05) is 43.1 Å². The molecule has 0 bridgehead atoms. The fourth-order valence-electron chi connectivity index (χ4n) is 2.16. The molecule has 0 aliphatic heterocycles. The van der Waals surface area contributed by atoms with Crippen molar-refractivity contribution in [3.05, 3.63) is 42.1 Å². The van der Waals surface area contributed by atoms with E-state index in [1.165, 1.54) is 12.8 Å². The summed E-state index contributed by atoms with van der Waals surface area (Å²) in [5.41, 5.74) is 2.08. The van der Waals surface area contributed by atoms with E-state index in [1.54, 1.807) is 0 Å². The van der Waals surface area contributed by atoms with Gasteiger partial charge in [-0.1, -0.05) is 31.5 Å². The molecule has 0 fully saturated rings. The zero-order valence-corrected chi connectivity index (χ0v) is 13.4. The minimum absolute atomic E-state index is 0.736. The summed E-state index contributed by atoms with van der Waals surface area (Å²) in [6.07, 6.45) is 2.36. The molecular weight excluding hydrogens is 260 g/mol. The fourth-order valence-corrected chi connectivity index (χ4v) is 2.16. The van der Waals surface area contributed by atoms with Crippen LogP contribution in [0.1, 0.15) is 25.5 Å². The molecule has 1 aromatic carbocycles. The number of rotatable bonds is 6. The van der Waals surface area contributed by atoms with Crippen LogP contribution in [0.3, 0.4) is 0 Å². The molecule has 0 N–H and O–H groups in total. The van der Waals surface area contributed by atoms with E-state index in [2.05, 4.69) is 36.0 Å². The van der Waals surface area contributed by atoms with Crippen molar-refractivity contribution < 1.29 is 0 Å². The molecule has 112 valence electrons. The molecule has 0 saturated carbocycles. The fraction of sp³-hybridized carbons (Fsp3) is 0.412. The maximum Gasteiger partial charge on any atom is 0.231 e. The molecule has 2 aromatic rings. The van der Waals surface area contributed by atoms with Crippen molar-refractivity contribution >= 4 is 17.5 Å². The predicted octanol–water partition coefficient (Wildman–Crippen LogP) is 3.79. The highest BCUT2D eigenvalue weighted by atomic mass is 15.3. The van der Waals surface area contributed by atoms with Crippen molar-refractivity contribution in [2.75, 3.05) is 30.4 Å². The minimum Gasteiger partial charge on any atom is -0.360 e. The lowest BCUT2D eigenvalue weighted by Crippen LogP contribution is -2.22. The molecule has 0 unspecified atom stereocenters. The first kappa shape index (κ1) is 15.3. The summed E-state index contributed by atoms with van der Waals surface area (Å²) in [6, 6.07) is 12.2. The SMILES string of the molecule is CCCCN(C)c1cc(C)nc(N(C)c2ccccc2)n1. The summed E-state index contributed by atoms with van der Waals surface area (Å²) in [6.45, 7) is 5.23. The van der Waals surface area contributed by atoms with Crippen LogP contribution >= 0.6 is 0 Å². The van der Waals surface area contributed by atoms with Gasteiger partial charge >= 0.3 is 0 Å². The Balaban J connectivity index is 2.26. The summed E-state index contributed by atoms with van der Waals surface area (Å²) in [7, 11) is 4.09. The Labute approximate surface area is 127 Å². The molecule has 1 heterocycles. The zero-order valence-electron chi connectivity index (χ0n) is 13.4. The summed E-state index contributed by atoms with van der Waals surface area (Å²) in [5, 5.41) is 0. The lowest BCUT2D eigenvalue weighted by atomic mass is 10.3. The topological polar surface area (TPSA) is 32.3 Å². The van der Waals surface area contributed by atoms with Gasteiger partial charge in [0.2, 0.25) is 5.95 Å². The van der Waals surface area contributed by atoms with Crippen LogP contribution in [0.4, 0.5) is 17.5 Å². The Morgan fingerprint density at radius 1 is 1.05 bits per heavy atom. The number of benzene rings is 1. The smallest absolute Gasteiger partial charge is 0.231 e. The van der Waals surface area contributed by atoms with Crippen molar-refractivity contribution in [2.45, 2.75) is 26.7 Å². The highest BCUT2D eigenvalue weighted by molar-refractivity contribution is 5.58. The number of aryl methyl sites for hydroxylation is 1. The molecular formula is C17H24N4. The molecule has 1 aromatic heterocycles. The standard InChI is InChI=1S/C17H24N4/c1-5-6-12-20(3)16-13-14(2)18-17(19-16)21(4)15-10-8-7-9-11-15/h7-11,13H,5-6,12H2,1-4H3. The lowest BCUT2D eigenvalue weighted by Gasteiger charge is -2.22. The van der Waals surface area contributed by atoms with Crippen LogP contribution in [-0.2, 0) is 0 Å². The number of para-hydroxylation sites is 1. The van der Waals surface area contributed by atoms with Crippen LogP contribution in [0.5, 0.6) is 0 Å². The Morgan fingerprint density at radius 2 is 1.76 bits per heavy atom. The first-order chi connectivity index (χ1) is 10.1. The van der Waals surface area contributed by atoms with Crippen LogP contribution < -0.4 is 9.80 Å². The Kier molecular flexibility index (Phi) is 5.14. The van der Waals surface area contributed by atoms with Gasteiger partial charge in [0.15, 0.2) is 0 Å². The van der Waals surface area contributed by atoms with Gasteiger partial charge in [-0.2, -0.15) is 4.98 Å². The van der Waals surface area contributed by atoms with Gasteiger partial charge in [-0.15, -0.1) is 0 Å². The molecule has 0 saturated heterocycles. The van der Waals surface area contributed by atoms with Gasteiger partial charge in [0.25, 0.3) is 0 Å². The zero-order chi connectivity index (χ0) is 15.2. The van der Waals surface area contributed by atoms with Gasteiger partial charge in [0, 0.05) is 38.1 Å².